The van der Waals surface area contributed by atoms with Crippen molar-refractivity contribution in [3.05, 3.63) is 88.9 Å². The molecule has 5 rings (SSSR count). The van der Waals surface area contributed by atoms with Crippen molar-refractivity contribution >= 4 is 38.3 Å². The van der Waals surface area contributed by atoms with Crippen LogP contribution < -0.4 is 5.32 Å². The Labute approximate surface area is 176 Å². The van der Waals surface area contributed by atoms with Crippen LogP contribution in [0.3, 0.4) is 0 Å². The van der Waals surface area contributed by atoms with Gasteiger partial charge in [0.1, 0.15) is 11.5 Å². The normalized spacial score (nSPS) is 12.3. The first-order chi connectivity index (χ1) is 14.2. The highest BCUT2D eigenvalue weighted by atomic mass is 79.9. The average molecular weight is 444 g/mol. The van der Waals surface area contributed by atoms with Crippen LogP contribution >= 0.6 is 15.9 Å². The van der Waals surface area contributed by atoms with E-state index in [1.165, 1.54) is 5.56 Å². The van der Waals surface area contributed by atoms with E-state index in [2.05, 4.69) is 68.8 Å². The number of nitrogens with zero attached hydrogens (tertiary/aromatic N) is 4. The summed E-state index contributed by atoms with van der Waals surface area (Å²) in [5.74, 6) is 0.822. The molecule has 0 saturated heterocycles. The van der Waals surface area contributed by atoms with Gasteiger partial charge in [0.15, 0.2) is 5.65 Å². The van der Waals surface area contributed by atoms with E-state index in [-0.39, 0.29) is 6.04 Å². The molecule has 0 aliphatic carbocycles. The zero-order chi connectivity index (χ0) is 19.8. The van der Waals surface area contributed by atoms with Crippen LogP contribution in [0.5, 0.6) is 0 Å². The van der Waals surface area contributed by atoms with E-state index in [1.807, 2.05) is 53.0 Å². The Bertz CT molecular complexity index is 1310. The van der Waals surface area contributed by atoms with Crippen molar-refractivity contribution in [2.24, 2.45) is 0 Å². The number of halogens is 1. The Balaban J connectivity index is 1.69. The molecule has 0 aliphatic heterocycles. The minimum absolute atomic E-state index is 0.111. The van der Waals surface area contributed by atoms with Crippen molar-refractivity contribution in [1.29, 1.82) is 0 Å². The minimum atomic E-state index is 0.111. The Morgan fingerprint density at radius 1 is 0.931 bits per heavy atom. The van der Waals surface area contributed by atoms with Crippen molar-refractivity contribution in [2.45, 2.75) is 13.0 Å². The molecule has 0 saturated carbocycles. The Hall–Kier alpha value is -3.25. The molecule has 0 radical (unpaired) electrons. The van der Waals surface area contributed by atoms with Gasteiger partial charge in [-0.1, -0.05) is 75.7 Å². The van der Waals surface area contributed by atoms with Crippen molar-refractivity contribution in [3.63, 3.8) is 0 Å². The third-order valence-corrected chi connectivity index (χ3v) is 5.50. The molecule has 1 atom stereocenters. The quantitative estimate of drug-likeness (QED) is 0.376. The Morgan fingerprint density at radius 3 is 2.55 bits per heavy atom. The maximum absolute atomic E-state index is 4.95. The van der Waals surface area contributed by atoms with Crippen molar-refractivity contribution < 1.29 is 0 Å². The zero-order valence-corrected chi connectivity index (χ0v) is 17.3. The van der Waals surface area contributed by atoms with Gasteiger partial charge >= 0.3 is 0 Å². The first-order valence-electron chi connectivity index (χ1n) is 9.42. The van der Waals surface area contributed by atoms with Crippen molar-refractivity contribution in [3.8, 4) is 11.3 Å². The summed E-state index contributed by atoms with van der Waals surface area (Å²) in [7, 11) is 0. The van der Waals surface area contributed by atoms with Gasteiger partial charge in [-0.05, 0) is 36.8 Å². The summed E-state index contributed by atoms with van der Waals surface area (Å²) in [5.41, 5.74) is 4.63. The van der Waals surface area contributed by atoms with Gasteiger partial charge in [-0.15, -0.1) is 5.10 Å². The summed E-state index contributed by atoms with van der Waals surface area (Å²) >= 11 is 3.54. The molecule has 29 heavy (non-hydrogen) atoms. The lowest BCUT2D eigenvalue weighted by Crippen LogP contribution is -2.09. The van der Waals surface area contributed by atoms with Crippen molar-refractivity contribution in [2.75, 3.05) is 5.32 Å². The Kier molecular flexibility index (Phi) is 4.48. The number of para-hydroxylation sites is 1. The second kappa shape index (κ2) is 7.29. The first-order valence-corrected chi connectivity index (χ1v) is 10.2. The number of nitrogens with one attached hydrogen (secondary N) is 1. The monoisotopic (exact) mass is 443 g/mol. The fourth-order valence-corrected chi connectivity index (χ4v) is 3.93. The van der Waals surface area contributed by atoms with Crippen LogP contribution in [0.4, 0.5) is 5.82 Å². The average Bonchev–Trinajstić information content (AvgIpc) is 3.18. The van der Waals surface area contributed by atoms with E-state index in [0.717, 1.165) is 38.1 Å². The lowest BCUT2D eigenvalue weighted by atomic mass is 10.1. The van der Waals surface area contributed by atoms with E-state index in [9.17, 15) is 0 Å². The topological polar surface area (TPSA) is 55.1 Å². The molecule has 2 heterocycles. The summed E-state index contributed by atoms with van der Waals surface area (Å²) in [6.07, 6.45) is 0. The molecule has 2 aromatic heterocycles. The zero-order valence-electron chi connectivity index (χ0n) is 15.7. The fraction of sp³-hybridized carbons (Fsp3) is 0.0870. The SMILES string of the molecule is C[C@@H](Nc1nc2c(-c3cccc(Br)c3)nnn2c2ccccc12)c1ccccc1. The van der Waals surface area contributed by atoms with Gasteiger partial charge in [0, 0.05) is 21.5 Å². The summed E-state index contributed by atoms with van der Waals surface area (Å²) in [6, 6.07) is 26.6. The van der Waals surface area contributed by atoms with Gasteiger partial charge in [-0.25, -0.2) is 4.98 Å². The highest BCUT2D eigenvalue weighted by Gasteiger charge is 2.17. The predicted octanol–water partition coefficient (Wildman–Crippen LogP) is 5.88. The predicted molar refractivity (Wildman–Crippen MR) is 120 cm³/mol. The minimum Gasteiger partial charge on any atom is -0.363 e. The molecule has 1 N–H and O–H groups in total. The van der Waals surface area contributed by atoms with E-state index in [1.54, 1.807) is 0 Å². The van der Waals surface area contributed by atoms with E-state index in [0.29, 0.717) is 0 Å². The van der Waals surface area contributed by atoms with Gasteiger partial charge in [0.2, 0.25) is 0 Å². The van der Waals surface area contributed by atoms with Crippen LogP contribution in [0.2, 0.25) is 0 Å². The summed E-state index contributed by atoms with van der Waals surface area (Å²) in [6.45, 7) is 2.14. The molecule has 0 amide bonds. The number of anilines is 1. The fourth-order valence-electron chi connectivity index (χ4n) is 3.53. The molecule has 3 aromatic carbocycles. The first kappa shape index (κ1) is 17.8. The van der Waals surface area contributed by atoms with Gasteiger partial charge in [0.25, 0.3) is 0 Å². The van der Waals surface area contributed by atoms with Crippen LogP contribution in [0.15, 0.2) is 83.3 Å². The number of aromatic nitrogens is 4. The summed E-state index contributed by atoms with van der Waals surface area (Å²) < 4.78 is 2.80. The molecule has 5 aromatic rings. The van der Waals surface area contributed by atoms with Crippen LogP contribution in [-0.4, -0.2) is 19.8 Å². The van der Waals surface area contributed by atoms with Gasteiger partial charge < -0.3 is 5.32 Å². The summed E-state index contributed by atoms with van der Waals surface area (Å²) in [4.78, 5) is 4.95. The molecule has 0 fully saturated rings. The van der Waals surface area contributed by atoms with Crippen molar-refractivity contribution in [1.82, 2.24) is 19.8 Å². The molecule has 0 aliphatic rings. The lowest BCUT2D eigenvalue weighted by molar-refractivity contribution is 0.862. The molecule has 6 heteroatoms. The molecule has 5 nitrogen and oxygen atoms in total. The molecular formula is C23H18BrN5. The Morgan fingerprint density at radius 2 is 1.72 bits per heavy atom. The van der Waals surface area contributed by atoms with Gasteiger partial charge in [0.05, 0.1) is 5.52 Å². The number of hydrogen-bond donors (Lipinski definition) is 1. The highest BCUT2D eigenvalue weighted by molar-refractivity contribution is 9.10. The van der Waals surface area contributed by atoms with E-state index < -0.39 is 0 Å². The van der Waals surface area contributed by atoms with E-state index >= 15 is 0 Å². The molecule has 142 valence electrons. The smallest absolute Gasteiger partial charge is 0.186 e. The number of benzene rings is 3. The van der Waals surface area contributed by atoms with Gasteiger partial charge in [-0.2, -0.15) is 4.52 Å². The maximum atomic E-state index is 4.95. The highest BCUT2D eigenvalue weighted by Crippen LogP contribution is 2.30. The maximum Gasteiger partial charge on any atom is 0.186 e. The molecule has 0 bridgehead atoms. The lowest BCUT2D eigenvalue weighted by Gasteiger charge is -2.17. The van der Waals surface area contributed by atoms with E-state index in [4.69, 9.17) is 4.98 Å². The van der Waals surface area contributed by atoms with Crippen LogP contribution in [0.1, 0.15) is 18.5 Å². The van der Waals surface area contributed by atoms with Crippen LogP contribution in [0, 0.1) is 0 Å². The number of rotatable bonds is 4. The van der Waals surface area contributed by atoms with Crippen LogP contribution in [0.25, 0.3) is 27.8 Å². The number of fused-ring (bicyclic) bond motifs is 3. The number of hydrogen-bond acceptors (Lipinski definition) is 4. The van der Waals surface area contributed by atoms with Crippen LogP contribution in [-0.2, 0) is 0 Å². The second-order valence-electron chi connectivity index (χ2n) is 6.94. The third kappa shape index (κ3) is 3.25. The van der Waals surface area contributed by atoms with Gasteiger partial charge in [-0.3, -0.25) is 0 Å². The third-order valence-electron chi connectivity index (χ3n) is 5.00. The standard InChI is InChI=1S/C23H18BrN5/c1-15(16-8-3-2-4-9-16)25-22-19-12-5-6-13-20(19)29-23(26-22)21(27-28-29)17-10-7-11-18(24)14-17/h2-15H,1H3,(H,25,26)/t15-/m1/s1. The largest absolute Gasteiger partial charge is 0.363 e. The summed E-state index contributed by atoms with van der Waals surface area (Å²) in [5, 5.41) is 13.4. The molecule has 0 unspecified atom stereocenters. The second-order valence-corrected chi connectivity index (χ2v) is 7.85. The molecule has 0 spiro atoms. The molecular weight excluding hydrogens is 426 g/mol.